The van der Waals surface area contributed by atoms with Gasteiger partial charge in [-0.1, -0.05) is 19.3 Å². The average Bonchev–Trinajstić information content (AvgIpc) is 2.86. The summed E-state index contributed by atoms with van der Waals surface area (Å²) in [6, 6.07) is 2.26. The van der Waals surface area contributed by atoms with E-state index in [-0.39, 0.29) is 0 Å². The number of aliphatic imine (C=N–C) groups is 1. The third-order valence-corrected chi connectivity index (χ3v) is 6.02. The molecular formula is C18H22BrNO2. The Morgan fingerprint density at radius 3 is 2.59 bits per heavy atom. The predicted molar refractivity (Wildman–Crippen MR) is 90.2 cm³/mol. The first kappa shape index (κ1) is 15.8. The van der Waals surface area contributed by atoms with Gasteiger partial charge >= 0.3 is 0 Å². The fourth-order valence-electron chi connectivity index (χ4n) is 4.04. The Hall–Kier alpha value is -1.12. The molecule has 0 heterocycles. The van der Waals surface area contributed by atoms with E-state index < -0.39 is 5.54 Å². The average molecular weight is 364 g/mol. The van der Waals surface area contributed by atoms with E-state index >= 15 is 0 Å². The number of hydrogen-bond acceptors (Lipinski definition) is 3. The summed E-state index contributed by atoms with van der Waals surface area (Å²) >= 11 is 3.77. The predicted octanol–water partition coefficient (Wildman–Crippen LogP) is 4.83. The second-order valence-corrected chi connectivity index (χ2v) is 7.20. The molecule has 0 unspecified atom stereocenters. The van der Waals surface area contributed by atoms with Crippen LogP contribution < -0.4 is 4.74 Å². The fraction of sp³-hybridized carbons (Fsp3) is 0.611. The zero-order valence-electron chi connectivity index (χ0n) is 13.1. The minimum Gasteiger partial charge on any atom is -0.495 e. The normalized spacial score (nSPS) is 19.9. The van der Waals surface area contributed by atoms with Crippen LogP contribution in [0.25, 0.3) is 0 Å². The number of rotatable bonds is 3. The van der Waals surface area contributed by atoms with E-state index in [2.05, 4.69) is 27.0 Å². The highest BCUT2D eigenvalue weighted by Crippen LogP contribution is 2.49. The molecule has 3 nitrogen and oxygen atoms in total. The molecule has 0 bridgehead atoms. The second-order valence-electron chi connectivity index (χ2n) is 6.41. The maximum atomic E-state index is 11.0. The van der Waals surface area contributed by atoms with Crippen LogP contribution in [0.1, 0.15) is 61.6 Å². The smallest absolute Gasteiger partial charge is 0.235 e. The first-order valence-electron chi connectivity index (χ1n) is 8.19. The molecule has 1 aromatic rings. The van der Waals surface area contributed by atoms with Gasteiger partial charge in [-0.2, -0.15) is 4.99 Å². The first-order valence-corrected chi connectivity index (χ1v) is 8.99. The second kappa shape index (κ2) is 6.55. The molecule has 2 aliphatic carbocycles. The van der Waals surface area contributed by atoms with E-state index in [0.717, 1.165) is 54.3 Å². The van der Waals surface area contributed by atoms with E-state index in [1.807, 2.05) is 6.08 Å². The van der Waals surface area contributed by atoms with Crippen molar-refractivity contribution in [3.8, 4) is 5.75 Å². The van der Waals surface area contributed by atoms with Crippen LogP contribution in [0.15, 0.2) is 15.5 Å². The molecule has 0 atom stereocenters. The molecule has 4 heteroatoms. The third kappa shape index (κ3) is 2.63. The minimum atomic E-state index is -0.434. The number of hydrogen-bond donors (Lipinski definition) is 0. The fourth-order valence-corrected chi connectivity index (χ4v) is 4.87. The molecule has 0 amide bonds. The van der Waals surface area contributed by atoms with E-state index in [0.29, 0.717) is 0 Å². The lowest BCUT2D eigenvalue weighted by Gasteiger charge is -2.28. The number of halogens is 1. The Morgan fingerprint density at radius 2 is 1.91 bits per heavy atom. The number of aryl methyl sites for hydroxylation is 1. The number of benzene rings is 1. The standard InChI is InChI=1S/C18H22BrNO2/c1-22-17-15(18(20-12-21)9-5-6-10-18)11-13-7-3-2-4-8-14(13)16(17)19/h11H,2-10H2,1H3. The minimum absolute atomic E-state index is 0.434. The SMILES string of the molecule is COc1c(C2(N=C=O)CCCC2)cc2c(c1Br)CCCCC2. The van der Waals surface area contributed by atoms with E-state index in [9.17, 15) is 4.79 Å². The van der Waals surface area contributed by atoms with Gasteiger partial charge in [0.15, 0.2) is 0 Å². The molecule has 1 aromatic carbocycles. The van der Waals surface area contributed by atoms with Gasteiger partial charge < -0.3 is 4.74 Å². The molecule has 3 rings (SSSR count). The summed E-state index contributed by atoms with van der Waals surface area (Å²) in [6.45, 7) is 0. The van der Waals surface area contributed by atoms with Gasteiger partial charge in [0.25, 0.3) is 0 Å². The molecule has 0 aliphatic heterocycles. The van der Waals surface area contributed by atoms with Crippen molar-refractivity contribution in [2.75, 3.05) is 7.11 Å². The lowest BCUT2D eigenvalue weighted by atomic mass is 9.85. The number of fused-ring (bicyclic) bond motifs is 1. The third-order valence-electron chi connectivity index (χ3n) is 5.18. The van der Waals surface area contributed by atoms with Crippen LogP contribution in [0, 0.1) is 0 Å². The number of ether oxygens (including phenoxy) is 1. The molecule has 2 aliphatic rings. The number of isocyanates is 1. The summed E-state index contributed by atoms with van der Waals surface area (Å²) in [7, 11) is 1.71. The molecular weight excluding hydrogens is 342 g/mol. The Labute approximate surface area is 140 Å². The maximum absolute atomic E-state index is 11.0. The van der Waals surface area contributed by atoms with Crippen LogP contribution in [-0.4, -0.2) is 13.2 Å². The highest BCUT2D eigenvalue weighted by Gasteiger charge is 2.39. The quantitative estimate of drug-likeness (QED) is 0.438. The highest BCUT2D eigenvalue weighted by molar-refractivity contribution is 9.10. The number of carbonyl (C=O) groups excluding carboxylic acids is 1. The first-order chi connectivity index (χ1) is 10.7. The van der Waals surface area contributed by atoms with Gasteiger partial charge in [-0.3, -0.25) is 0 Å². The van der Waals surface area contributed by atoms with Crippen LogP contribution in [0.5, 0.6) is 5.75 Å². The molecule has 0 N–H and O–H groups in total. The van der Waals surface area contributed by atoms with Crippen molar-refractivity contribution in [1.29, 1.82) is 0 Å². The molecule has 22 heavy (non-hydrogen) atoms. The van der Waals surface area contributed by atoms with Crippen LogP contribution in [0.4, 0.5) is 0 Å². The summed E-state index contributed by atoms with van der Waals surface area (Å²) < 4.78 is 6.80. The van der Waals surface area contributed by atoms with E-state index in [4.69, 9.17) is 4.74 Å². The van der Waals surface area contributed by atoms with Gasteiger partial charge in [0.2, 0.25) is 6.08 Å². The topological polar surface area (TPSA) is 38.7 Å². The lowest BCUT2D eigenvalue weighted by molar-refractivity contribution is 0.376. The van der Waals surface area contributed by atoms with E-state index in [1.165, 1.54) is 30.4 Å². The van der Waals surface area contributed by atoms with Gasteiger partial charge in [-0.05, 0) is 71.6 Å². The zero-order valence-corrected chi connectivity index (χ0v) is 14.7. The van der Waals surface area contributed by atoms with Crippen molar-refractivity contribution < 1.29 is 9.53 Å². The van der Waals surface area contributed by atoms with Crippen LogP contribution >= 0.6 is 15.9 Å². The molecule has 0 spiro atoms. The Morgan fingerprint density at radius 1 is 1.18 bits per heavy atom. The van der Waals surface area contributed by atoms with Crippen molar-refractivity contribution in [3.05, 3.63) is 27.2 Å². The summed E-state index contributed by atoms with van der Waals surface area (Å²) in [6.07, 6.45) is 11.8. The maximum Gasteiger partial charge on any atom is 0.235 e. The summed E-state index contributed by atoms with van der Waals surface area (Å²) in [5, 5.41) is 0. The Kier molecular flexibility index (Phi) is 4.70. The van der Waals surface area contributed by atoms with E-state index in [1.54, 1.807) is 7.11 Å². The molecule has 1 fully saturated rings. The molecule has 0 radical (unpaired) electrons. The van der Waals surface area contributed by atoms with Crippen molar-refractivity contribution in [2.45, 2.75) is 63.3 Å². The van der Waals surface area contributed by atoms with Crippen LogP contribution in [-0.2, 0) is 23.2 Å². The van der Waals surface area contributed by atoms with Gasteiger partial charge in [-0.25, -0.2) is 4.79 Å². The van der Waals surface area contributed by atoms with Gasteiger partial charge in [0, 0.05) is 5.56 Å². The Balaban J connectivity index is 2.20. The summed E-state index contributed by atoms with van der Waals surface area (Å²) in [4.78, 5) is 15.3. The molecule has 1 saturated carbocycles. The lowest BCUT2D eigenvalue weighted by Crippen LogP contribution is -2.21. The zero-order chi connectivity index (χ0) is 15.6. The Bertz CT molecular complexity index is 614. The van der Waals surface area contributed by atoms with Crippen molar-refractivity contribution in [1.82, 2.24) is 0 Å². The van der Waals surface area contributed by atoms with Gasteiger partial charge in [0.05, 0.1) is 11.6 Å². The molecule has 0 saturated heterocycles. The summed E-state index contributed by atoms with van der Waals surface area (Å²) in [5.41, 5.74) is 3.41. The number of nitrogens with zero attached hydrogens (tertiary/aromatic N) is 1. The molecule has 0 aromatic heterocycles. The van der Waals surface area contributed by atoms with Crippen molar-refractivity contribution in [2.24, 2.45) is 4.99 Å². The van der Waals surface area contributed by atoms with Gasteiger partial charge in [0.1, 0.15) is 11.3 Å². The van der Waals surface area contributed by atoms with Crippen LogP contribution in [0.2, 0.25) is 0 Å². The summed E-state index contributed by atoms with van der Waals surface area (Å²) in [5.74, 6) is 0.863. The van der Waals surface area contributed by atoms with Crippen LogP contribution in [0.3, 0.4) is 0 Å². The highest BCUT2D eigenvalue weighted by atomic mass is 79.9. The largest absolute Gasteiger partial charge is 0.495 e. The van der Waals surface area contributed by atoms with Crippen molar-refractivity contribution in [3.63, 3.8) is 0 Å². The van der Waals surface area contributed by atoms with Gasteiger partial charge in [-0.15, -0.1) is 0 Å². The number of methoxy groups -OCH3 is 1. The molecule has 118 valence electrons. The van der Waals surface area contributed by atoms with Crippen molar-refractivity contribution >= 4 is 22.0 Å². The monoisotopic (exact) mass is 363 g/mol.